The van der Waals surface area contributed by atoms with E-state index in [4.69, 9.17) is 16.3 Å². The molecule has 1 saturated carbocycles. The number of benzene rings is 1. The summed E-state index contributed by atoms with van der Waals surface area (Å²) < 4.78 is 5.53. The second-order valence-electron chi connectivity index (χ2n) is 5.63. The summed E-state index contributed by atoms with van der Waals surface area (Å²) in [6.45, 7) is 1.44. The molecular formula is C16H20ClNO2. The Morgan fingerprint density at radius 1 is 1.35 bits per heavy atom. The molecule has 3 rings (SSSR count). The van der Waals surface area contributed by atoms with Gasteiger partial charge in [-0.15, -0.1) is 11.6 Å². The van der Waals surface area contributed by atoms with Crippen molar-refractivity contribution >= 4 is 17.5 Å². The molecule has 3 nitrogen and oxygen atoms in total. The van der Waals surface area contributed by atoms with Gasteiger partial charge in [0.2, 0.25) is 5.91 Å². The van der Waals surface area contributed by atoms with Crippen LogP contribution in [0.25, 0.3) is 0 Å². The molecule has 0 unspecified atom stereocenters. The third-order valence-corrected chi connectivity index (χ3v) is 4.54. The number of hydrogen-bond donors (Lipinski definition) is 0. The fourth-order valence-electron chi connectivity index (χ4n) is 3.25. The van der Waals surface area contributed by atoms with Crippen molar-refractivity contribution < 1.29 is 9.53 Å². The van der Waals surface area contributed by atoms with Crippen LogP contribution in [0.3, 0.4) is 0 Å². The number of ether oxygens (including phenoxy) is 1. The fourth-order valence-corrected chi connectivity index (χ4v) is 3.40. The topological polar surface area (TPSA) is 29.5 Å². The molecule has 1 aliphatic carbocycles. The maximum atomic E-state index is 12.1. The molecule has 0 N–H and O–H groups in total. The molecule has 2 aliphatic rings. The van der Waals surface area contributed by atoms with Gasteiger partial charge in [-0.05, 0) is 30.0 Å². The van der Waals surface area contributed by atoms with Crippen molar-refractivity contribution in [2.24, 2.45) is 0 Å². The summed E-state index contributed by atoms with van der Waals surface area (Å²) in [5.41, 5.74) is 2.44. The lowest BCUT2D eigenvalue weighted by molar-refractivity contribution is -0.131. The summed E-state index contributed by atoms with van der Waals surface area (Å²) in [5.74, 6) is 1.12. The van der Waals surface area contributed by atoms with Crippen LogP contribution in [0.15, 0.2) is 18.2 Å². The molecule has 0 bridgehead atoms. The number of alkyl halides is 1. The van der Waals surface area contributed by atoms with Crippen LogP contribution in [0.4, 0.5) is 0 Å². The number of carbonyl (C=O) groups is 1. The second kappa shape index (κ2) is 6.04. The van der Waals surface area contributed by atoms with Gasteiger partial charge in [0.05, 0.1) is 6.61 Å². The molecule has 1 aromatic carbocycles. The van der Waals surface area contributed by atoms with E-state index < -0.39 is 0 Å². The zero-order valence-corrected chi connectivity index (χ0v) is 12.4. The zero-order chi connectivity index (χ0) is 13.9. The lowest BCUT2D eigenvalue weighted by Crippen LogP contribution is -2.39. The van der Waals surface area contributed by atoms with Crippen LogP contribution in [-0.4, -0.2) is 29.3 Å². The molecule has 20 heavy (non-hydrogen) atoms. The molecule has 1 heterocycles. The van der Waals surface area contributed by atoms with Gasteiger partial charge in [-0.3, -0.25) is 4.79 Å². The SMILES string of the molecule is O=C(CCl)N(Cc1ccc2c(c1)CCO2)C1CCCC1. The van der Waals surface area contributed by atoms with Gasteiger partial charge in [0, 0.05) is 19.0 Å². The van der Waals surface area contributed by atoms with Gasteiger partial charge in [0.15, 0.2) is 0 Å². The van der Waals surface area contributed by atoms with Crippen molar-refractivity contribution in [3.63, 3.8) is 0 Å². The summed E-state index contributed by atoms with van der Waals surface area (Å²) in [4.78, 5) is 14.1. The van der Waals surface area contributed by atoms with Crippen molar-refractivity contribution in [1.82, 2.24) is 4.90 Å². The highest BCUT2D eigenvalue weighted by Crippen LogP contribution is 2.29. The van der Waals surface area contributed by atoms with E-state index in [-0.39, 0.29) is 11.8 Å². The van der Waals surface area contributed by atoms with Gasteiger partial charge in [-0.1, -0.05) is 25.0 Å². The maximum absolute atomic E-state index is 12.1. The smallest absolute Gasteiger partial charge is 0.238 e. The largest absolute Gasteiger partial charge is 0.493 e. The molecule has 4 heteroatoms. The zero-order valence-electron chi connectivity index (χ0n) is 11.6. The van der Waals surface area contributed by atoms with Crippen molar-refractivity contribution in [3.05, 3.63) is 29.3 Å². The monoisotopic (exact) mass is 293 g/mol. The molecule has 1 fully saturated rings. The minimum atomic E-state index is 0.0512. The first-order valence-corrected chi connectivity index (χ1v) is 7.91. The highest BCUT2D eigenvalue weighted by atomic mass is 35.5. The number of rotatable bonds is 4. The molecular weight excluding hydrogens is 274 g/mol. The van der Waals surface area contributed by atoms with Crippen molar-refractivity contribution in [2.75, 3.05) is 12.5 Å². The molecule has 0 saturated heterocycles. The first kappa shape index (κ1) is 13.7. The van der Waals surface area contributed by atoms with Gasteiger partial charge in [0.1, 0.15) is 11.6 Å². The predicted octanol–water partition coefficient (Wildman–Crippen LogP) is 3.13. The van der Waals surface area contributed by atoms with E-state index in [0.717, 1.165) is 31.6 Å². The highest BCUT2D eigenvalue weighted by molar-refractivity contribution is 6.27. The summed E-state index contributed by atoms with van der Waals surface area (Å²) in [7, 11) is 0. The van der Waals surface area contributed by atoms with Gasteiger partial charge in [-0.25, -0.2) is 0 Å². The average molecular weight is 294 g/mol. The quantitative estimate of drug-likeness (QED) is 0.798. The summed E-state index contributed by atoms with van der Waals surface area (Å²) in [6, 6.07) is 6.63. The average Bonchev–Trinajstić information content (AvgIpc) is 3.14. The number of fused-ring (bicyclic) bond motifs is 1. The van der Waals surface area contributed by atoms with E-state index in [0.29, 0.717) is 12.6 Å². The minimum absolute atomic E-state index is 0.0512. The minimum Gasteiger partial charge on any atom is -0.493 e. The molecule has 0 radical (unpaired) electrons. The van der Waals surface area contributed by atoms with E-state index >= 15 is 0 Å². The molecule has 0 aromatic heterocycles. The third-order valence-electron chi connectivity index (χ3n) is 4.31. The van der Waals surface area contributed by atoms with Gasteiger partial charge >= 0.3 is 0 Å². The van der Waals surface area contributed by atoms with Crippen LogP contribution in [0.2, 0.25) is 0 Å². The van der Waals surface area contributed by atoms with Crippen LogP contribution in [0, 0.1) is 0 Å². The van der Waals surface area contributed by atoms with E-state index in [2.05, 4.69) is 12.1 Å². The molecule has 1 amide bonds. The molecule has 0 atom stereocenters. The van der Waals surface area contributed by atoms with Crippen LogP contribution < -0.4 is 4.74 Å². The number of nitrogens with zero attached hydrogens (tertiary/aromatic N) is 1. The first-order chi connectivity index (χ1) is 9.78. The Morgan fingerprint density at radius 2 is 2.15 bits per heavy atom. The van der Waals surface area contributed by atoms with Gasteiger partial charge < -0.3 is 9.64 Å². The standard InChI is InChI=1S/C16H20ClNO2/c17-10-16(19)18(14-3-1-2-4-14)11-12-5-6-15-13(9-12)7-8-20-15/h5-6,9,14H,1-4,7-8,10-11H2. The lowest BCUT2D eigenvalue weighted by Gasteiger charge is -2.28. The van der Waals surface area contributed by atoms with E-state index in [9.17, 15) is 4.79 Å². The van der Waals surface area contributed by atoms with Crippen molar-refractivity contribution in [2.45, 2.75) is 44.7 Å². The Bertz CT molecular complexity index is 497. The van der Waals surface area contributed by atoms with Crippen molar-refractivity contribution in [1.29, 1.82) is 0 Å². The molecule has 1 aromatic rings. The molecule has 1 aliphatic heterocycles. The number of halogens is 1. The highest BCUT2D eigenvalue weighted by Gasteiger charge is 2.26. The van der Waals surface area contributed by atoms with E-state index in [1.165, 1.54) is 24.0 Å². The predicted molar refractivity (Wildman–Crippen MR) is 79.2 cm³/mol. The third kappa shape index (κ3) is 2.78. The Balaban J connectivity index is 1.76. The summed E-state index contributed by atoms with van der Waals surface area (Å²) in [6.07, 6.45) is 5.62. The van der Waals surface area contributed by atoms with Crippen LogP contribution in [0.1, 0.15) is 36.8 Å². The van der Waals surface area contributed by atoms with Crippen LogP contribution in [-0.2, 0) is 17.8 Å². The maximum Gasteiger partial charge on any atom is 0.238 e. The van der Waals surface area contributed by atoms with Crippen LogP contribution in [0.5, 0.6) is 5.75 Å². The van der Waals surface area contributed by atoms with Crippen molar-refractivity contribution in [3.8, 4) is 5.75 Å². The number of hydrogen-bond acceptors (Lipinski definition) is 2. The fraction of sp³-hybridized carbons (Fsp3) is 0.562. The van der Waals surface area contributed by atoms with E-state index in [1.54, 1.807) is 0 Å². The van der Waals surface area contributed by atoms with Crippen LogP contribution >= 0.6 is 11.6 Å². The van der Waals surface area contributed by atoms with Gasteiger partial charge in [-0.2, -0.15) is 0 Å². The van der Waals surface area contributed by atoms with E-state index in [1.807, 2.05) is 11.0 Å². The number of carbonyl (C=O) groups excluding carboxylic acids is 1. The lowest BCUT2D eigenvalue weighted by atomic mass is 10.1. The second-order valence-corrected chi connectivity index (χ2v) is 5.90. The Kier molecular flexibility index (Phi) is 4.16. The molecule has 0 spiro atoms. The molecule has 108 valence electrons. The normalized spacial score (nSPS) is 17.9. The summed E-state index contributed by atoms with van der Waals surface area (Å²) >= 11 is 5.77. The Morgan fingerprint density at radius 3 is 2.90 bits per heavy atom. The van der Waals surface area contributed by atoms with Gasteiger partial charge in [0.25, 0.3) is 0 Å². The first-order valence-electron chi connectivity index (χ1n) is 7.38. The summed E-state index contributed by atoms with van der Waals surface area (Å²) in [5, 5.41) is 0. The number of amides is 1. The Hall–Kier alpha value is -1.22. The Labute approximate surface area is 124 Å².